The maximum atomic E-state index is 5.13. The Bertz CT molecular complexity index is 477. The lowest BCUT2D eigenvalue weighted by Crippen LogP contribution is -1.93. The van der Waals surface area contributed by atoms with Crippen molar-refractivity contribution in [3.63, 3.8) is 0 Å². The van der Waals surface area contributed by atoms with Gasteiger partial charge in [-0.05, 0) is 42.7 Å². The van der Waals surface area contributed by atoms with E-state index in [0.29, 0.717) is 0 Å². The zero-order valence-corrected chi connectivity index (χ0v) is 10.9. The standard InChI is InChI=1S/C15H18N2O/c1-3-4-5-12-10-16-15(17-11-12)13-6-8-14(18-2)9-7-13/h6-11H,3-5H2,1-2H3. The zero-order valence-electron chi connectivity index (χ0n) is 10.9. The van der Waals surface area contributed by atoms with Gasteiger partial charge in [-0.3, -0.25) is 0 Å². The quantitative estimate of drug-likeness (QED) is 0.805. The van der Waals surface area contributed by atoms with Crippen LogP contribution in [0.3, 0.4) is 0 Å². The first-order valence-corrected chi connectivity index (χ1v) is 6.29. The van der Waals surface area contributed by atoms with E-state index in [0.717, 1.165) is 23.6 Å². The Labute approximate surface area is 108 Å². The molecule has 0 amide bonds. The molecule has 0 N–H and O–H groups in total. The van der Waals surface area contributed by atoms with E-state index in [4.69, 9.17) is 4.74 Å². The lowest BCUT2D eigenvalue weighted by Gasteiger charge is -2.03. The molecule has 0 unspecified atom stereocenters. The lowest BCUT2D eigenvalue weighted by atomic mass is 10.1. The van der Waals surface area contributed by atoms with E-state index in [2.05, 4.69) is 16.9 Å². The van der Waals surface area contributed by atoms with E-state index in [-0.39, 0.29) is 0 Å². The van der Waals surface area contributed by atoms with Crippen molar-refractivity contribution in [3.05, 3.63) is 42.2 Å². The summed E-state index contributed by atoms with van der Waals surface area (Å²) in [5.41, 5.74) is 2.21. The lowest BCUT2D eigenvalue weighted by molar-refractivity contribution is 0.415. The van der Waals surface area contributed by atoms with Crippen molar-refractivity contribution < 1.29 is 4.74 Å². The van der Waals surface area contributed by atoms with Crippen molar-refractivity contribution in [1.29, 1.82) is 0 Å². The molecule has 1 heterocycles. The van der Waals surface area contributed by atoms with Gasteiger partial charge in [0.2, 0.25) is 0 Å². The molecule has 0 bridgehead atoms. The van der Waals surface area contributed by atoms with Crippen LogP contribution in [0.25, 0.3) is 11.4 Å². The number of unbranched alkanes of at least 4 members (excludes halogenated alkanes) is 1. The fraction of sp³-hybridized carbons (Fsp3) is 0.333. The Balaban J connectivity index is 2.12. The van der Waals surface area contributed by atoms with Crippen LogP contribution in [0.5, 0.6) is 5.75 Å². The van der Waals surface area contributed by atoms with Crippen LogP contribution in [0.4, 0.5) is 0 Å². The molecule has 1 aromatic carbocycles. The average molecular weight is 242 g/mol. The van der Waals surface area contributed by atoms with Crippen LogP contribution < -0.4 is 4.74 Å². The third-order valence-corrected chi connectivity index (χ3v) is 2.87. The Kier molecular flexibility index (Phi) is 4.29. The Morgan fingerprint density at radius 3 is 2.28 bits per heavy atom. The summed E-state index contributed by atoms with van der Waals surface area (Å²) in [6.45, 7) is 2.19. The van der Waals surface area contributed by atoms with E-state index >= 15 is 0 Å². The summed E-state index contributed by atoms with van der Waals surface area (Å²) in [5, 5.41) is 0. The monoisotopic (exact) mass is 242 g/mol. The van der Waals surface area contributed by atoms with Crippen molar-refractivity contribution >= 4 is 0 Å². The van der Waals surface area contributed by atoms with Crippen LogP contribution in [0, 0.1) is 0 Å². The third-order valence-electron chi connectivity index (χ3n) is 2.87. The summed E-state index contributed by atoms with van der Waals surface area (Å²) in [6, 6.07) is 7.78. The van der Waals surface area contributed by atoms with Crippen LogP contribution in [0.2, 0.25) is 0 Å². The predicted octanol–water partition coefficient (Wildman–Crippen LogP) is 3.49. The van der Waals surface area contributed by atoms with Gasteiger partial charge in [-0.1, -0.05) is 13.3 Å². The second kappa shape index (κ2) is 6.15. The summed E-state index contributed by atoms with van der Waals surface area (Å²) in [5.74, 6) is 1.61. The molecule has 0 saturated carbocycles. The van der Waals surface area contributed by atoms with E-state index in [1.807, 2.05) is 36.7 Å². The first-order valence-electron chi connectivity index (χ1n) is 6.29. The van der Waals surface area contributed by atoms with Crippen molar-refractivity contribution in [2.75, 3.05) is 7.11 Å². The minimum atomic E-state index is 0.762. The molecule has 0 aliphatic heterocycles. The number of benzene rings is 1. The van der Waals surface area contributed by atoms with E-state index in [1.165, 1.54) is 18.4 Å². The topological polar surface area (TPSA) is 35.0 Å². The molecule has 0 fully saturated rings. The second-order valence-corrected chi connectivity index (χ2v) is 4.25. The predicted molar refractivity (Wildman–Crippen MR) is 72.6 cm³/mol. The molecular formula is C15H18N2O. The molecule has 3 nitrogen and oxygen atoms in total. The van der Waals surface area contributed by atoms with Crippen molar-refractivity contribution in [1.82, 2.24) is 9.97 Å². The summed E-state index contributed by atoms with van der Waals surface area (Å²) in [4.78, 5) is 8.81. The maximum Gasteiger partial charge on any atom is 0.159 e. The highest BCUT2D eigenvalue weighted by Crippen LogP contribution is 2.18. The van der Waals surface area contributed by atoms with Crippen molar-refractivity contribution in [3.8, 4) is 17.1 Å². The van der Waals surface area contributed by atoms with Gasteiger partial charge in [0, 0.05) is 18.0 Å². The molecule has 0 atom stereocenters. The molecule has 2 aromatic rings. The van der Waals surface area contributed by atoms with Crippen LogP contribution >= 0.6 is 0 Å². The molecule has 1 aromatic heterocycles. The number of nitrogens with zero attached hydrogens (tertiary/aromatic N) is 2. The highest BCUT2D eigenvalue weighted by Gasteiger charge is 2.01. The number of hydrogen-bond acceptors (Lipinski definition) is 3. The minimum Gasteiger partial charge on any atom is -0.497 e. The second-order valence-electron chi connectivity index (χ2n) is 4.25. The normalized spacial score (nSPS) is 10.3. The number of rotatable bonds is 5. The van der Waals surface area contributed by atoms with Crippen LogP contribution in [0.1, 0.15) is 25.3 Å². The van der Waals surface area contributed by atoms with Gasteiger partial charge in [-0.2, -0.15) is 0 Å². The summed E-state index contributed by atoms with van der Waals surface area (Å²) < 4.78 is 5.13. The third kappa shape index (κ3) is 3.06. The van der Waals surface area contributed by atoms with Gasteiger partial charge < -0.3 is 4.74 Å². The molecule has 0 aliphatic rings. The van der Waals surface area contributed by atoms with Gasteiger partial charge in [-0.15, -0.1) is 0 Å². The molecule has 0 aliphatic carbocycles. The minimum absolute atomic E-state index is 0.762. The number of aromatic nitrogens is 2. The molecule has 0 radical (unpaired) electrons. The van der Waals surface area contributed by atoms with E-state index in [9.17, 15) is 0 Å². The molecule has 3 heteroatoms. The molecule has 94 valence electrons. The zero-order chi connectivity index (χ0) is 12.8. The fourth-order valence-corrected chi connectivity index (χ4v) is 1.75. The number of hydrogen-bond donors (Lipinski definition) is 0. The van der Waals surface area contributed by atoms with Gasteiger partial charge in [0.25, 0.3) is 0 Å². The van der Waals surface area contributed by atoms with Gasteiger partial charge in [0.15, 0.2) is 5.82 Å². The van der Waals surface area contributed by atoms with Crippen molar-refractivity contribution in [2.45, 2.75) is 26.2 Å². The van der Waals surface area contributed by atoms with Gasteiger partial charge >= 0.3 is 0 Å². The first-order chi connectivity index (χ1) is 8.83. The number of aryl methyl sites for hydroxylation is 1. The van der Waals surface area contributed by atoms with Crippen LogP contribution in [-0.4, -0.2) is 17.1 Å². The maximum absolute atomic E-state index is 5.13. The number of ether oxygens (including phenoxy) is 1. The SMILES string of the molecule is CCCCc1cnc(-c2ccc(OC)cc2)nc1. The fourth-order valence-electron chi connectivity index (χ4n) is 1.75. The van der Waals surface area contributed by atoms with Gasteiger partial charge in [0.1, 0.15) is 5.75 Å². The molecule has 0 spiro atoms. The average Bonchev–Trinajstić information content (AvgIpc) is 2.46. The van der Waals surface area contributed by atoms with Crippen molar-refractivity contribution in [2.24, 2.45) is 0 Å². The highest BCUT2D eigenvalue weighted by atomic mass is 16.5. The summed E-state index contributed by atoms with van der Waals surface area (Å²) in [6.07, 6.45) is 7.27. The van der Waals surface area contributed by atoms with Gasteiger partial charge in [-0.25, -0.2) is 9.97 Å². The largest absolute Gasteiger partial charge is 0.497 e. The summed E-state index contributed by atoms with van der Waals surface area (Å²) >= 11 is 0. The van der Waals surface area contributed by atoms with Crippen LogP contribution in [-0.2, 0) is 6.42 Å². The van der Waals surface area contributed by atoms with Gasteiger partial charge in [0.05, 0.1) is 7.11 Å². The van der Waals surface area contributed by atoms with Crippen LogP contribution in [0.15, 0.2) is 36.7 Å². The Morgan fingerprint density at radius 1 is 1.06 bits per heavy atom. The summed E-state index contributed by atoms with van der Waals surface area (Å²) in [7, 11) is 1.66. The highest BCUT2D eigenvalue weighted by molar-refractivity contribution is 5.55. The molecule has 18 heavy (non-hydrogen) atoms. The Hall–Kier alpha value is -1.90. The molecule has 2 rings (SSSR count). The smallest absolute Gasteiger partial charge is 0.159 e. The number of methoxy groups -OCH3 is 1. The Morgan fingerprint density at radius 2 is 1.72 bits per heavy atom. The first kappa shape index (κ1) is 12.6. The molecule has 0 saturated heterocycles. The van der Waals surface area contributed by atoms with E-state index < -0.39 is 0 Å². The van der Waals surface area contributed by atoms with E-state index in [1.54, 1.807) is 7.11 Å². The molecular weight excluding hydrogens is 224 g/mol.